The van der Waals surface area contributed by atoms with Crippen molar-refractivity contribution in [1.82, 2.24) is 9.97 Å². The molecule has 0 N–H and O–H groups in total. The summed E-state index contributed by atoms with van der Waals surface area (Å²) < 4.78 is 9.47. The SMILES string of the molecule is COC(=O)[C@@H]1Cc2nccnc2C[C@H]1C(=O)OC. The number of fused-ring (bicyclic) bond motifs is 1. The van der Waals surface area contributed by atoms with Gasteiger partial charge in [0, 0.05) is 25.2 Å². The van der Waals surface area contributed by atoms with Gasteiger partial charge in [0.2, 0.25) is 0 Å². The van der Waals surface area contributed by atoms with Crippen LogP contribution in [0.2, 0.25) is 0 Å². The lowest BCUT2D eigenvalue weighted by Crippen LogP contribution is -2.38. The molecule has 2 atom stereocenters. The van der Waals surface area contributed by atoms with Crippen LogP contribution in [0.1, 0.15) is 11.4 Å². The van der Waals surface area contributed by atoms with E-state index in [2.05, 4.69) is 9.97 Å². The van der Waals surface area contributed by atoms with Crippen molar-refractivity contribution in [2.75, 3.05) is 14.2 Å². The fraction of sp³-hybridized carbons (Fsp3) is 0.500. The molecule has 0 fully saturated rings. The molecule has 0 spiro atoms. The van der Waals surface area contributed by atoms with Crippen molar-refractivity contribution in [2.45, 2.75) is 12.8 Å². The number of ether oxygens (including phenoxy) is 2. The number of hydrogen-bond acceptors (Lipinski definition) is 6. The summed E-state index contributed by atoms with van der Waals surface area (Å²) in [5.74, 6) is -1.93. The van der Waals surface area contributed by atoms with E-state index < -0.39 is 23.8 Å². The van der Waals surface area contributed by atoms with Crippen molar-refractivity contribution in [3.8, 4) is 0 Å². The third-order valence-electron chi connectivity index (χ3n) is 3.18. The Morgan fingerprint density at radius 2 is 1.39 bits per heavy atom. The van der Waals surface area contributed by atoms with Gasteiger partial charge in [-0.05, 0) is 0 Å². The molecule has 0 saturated carbocycles. The average Bonchev–Trinajstić information content (AvgIpc) is 2.44. The Balaban J connectivity index is 2.33. The second-order valence-electron chi connectivity index (χ2n) is 4.12. The molecule has 0 unspecified atom stereocenters. The van der Waals surface area contributed by atoms with Gasteiger partial charge in [-0.3, -0.25) is 19.6 Å². The van der Waals surface area contributed by atoms with Crippen LogP contribution in [0, 0.1) is 11.8 Å². The molecular formula is C12H14N2O4. The first kappa shape index (κ1) is 12.5. The molecule has 1 aliphatic rings. The fourth-order valence-electron chi connectivity index (χ4n) is 2.24. The Morgan fingerprint density at radius 1 is 1.00 bits per heavy atom. The van der Waals surface area contributed by atoms with Crippen LogP contribution in [0.5, 0.6) is 0 Å². The Bertz CT molecular complexity index is 432. The molecule has 18 heavy (non-hydrogen) atoms. The quantitative estimate of drug-likeness (QED) is 0.695. The summed E-state index contributed by atoms with van der Waals surface area (Å²) in [4.78, 5) is 31.8. The summed E-state index contributed by atoms with van der Waals surface area (Å²) in [6.45, 7) is 0. The van der Waals surface area contributed by atoms with Crippen LogP contribution in [0.4, 0.5) is 0 Å². The molecule has 1 aromatic heterocycles. The number of nitrogens with zero attached hydrogens (tertiary/aromatic N) is 2. The molecule has 0 amide bonds. The Morgan fingerprint density at radius 3 is 1.72 bits per heavy atom. The number of carbonyl (C=O) groups is 2. The highest BCUT2D eigenvalue weighted by atomic mass is 16.5. The van der Waals surface area contributed by atoms with Crippen LogP contribution in [-0.4, -0.2) is 36.1 Å². The smallest absolute Gasteiger partial charge is 0.309 e. The normalized spacial score (nSPS) is 21.9. The Kier molecular flexibility index (Phi) is 3.55. The minimum Gasteiger partial charge on any atom is -0.469 e. The first-order chi connectivity index (χ1) is 8.67. The summed E-state index contributed by atoms with van der Waals surface area (Å²) >= 11 is 0. The van der Waals surface area contributed by atoms with Crippen molar-refractivity contribution >= 4 is 11.9 Å². The molecule has 0 saturated heterocycles. The molecule has 6 heteroatoms. The Labute approximate surface area is 104 Å². The zero-order valence-corrected chi connectivity index (χ0v) is 10.3. The van der Waals surface area contributed by atoms with Crippen molar-refractivity contribution in [2.24, 2.45) is 11.8 Å². The van der Waals surface area contributed by atoms with Crippen LogP contribution < -0.4 is 0 Å². The maximum absolute atomic E-state index is 11.7. The lowest BCUT2D eigenvalue weighted by molar-refractivity contribution is -0.158. The minimum absolute atomic E-state index is 0.357. The van der Waals surface area contributed by atoms with Gasteiger partial charge in [0.1, 0.15) is 0 Å². The van der Waals surface area contributed by atoms with Crippen LogP contribution in [0.25, 0.3) is 0 Å². The molecule has 6 nitrogen and oxygen atoms in total. The van der Waals surface area contributed by atoms with Gasteiger partial charge in [-0.1, -0.05) is 0 Å². The third-order valence-corrected chi connectivity index (χ3v) is 3.18. The van der Waals surface area contributed by atoms with E-state index in [1.54, 1.807) is 12.4 Å². The number of aromatic nitrogens is 2. The highest BCUT2D eigenvalue weighted by Crippen LogP contribution is 2.29. The van der Waals surface area contributed by atoms with Gasteiger partial charge in [-0.25, -0.2) is 0 Å². The van der Waals surface area contributed by atoms with E-state index in [9.17, 15) is 9.59 Å². The van der Waals surface area contributed by atoms with Crippen molar-refractivity contribution in [3.63, 3.8) is 0 Å². The highest BCUT2D eigenvalue weighted by molar-refractivity contribution is 5.83. The van der Waals surface area contributed by atoms with E-state index in [4.69, 9.17) is 9.47 Å². The van der Waals surface area contributed by atoms with Gasteiger partial charge in [0.05, 0.1) is 37.4 Å². The molecule has 96 valence electrons. The topological polar surface area (TPSA) is 78.4 Å². The second kappa shape index (κ2) is 5.12. The first-order valence-corrected chi connectivity index (χ1v) is 5.61. The lowest BCUT2D eigenvalue weighted by Gasteiger charge is -2.27. The summed E-state index contributed by atoms with van der Waals surface area (Å²) in [6.07, 6.45) is 3.86. The average molecular weight is 250 g/mol. The Hall–Kier alpha value is -1.98. The van der Waals surface area contributed by atoms with Crippen molar-refractivity contribution in [3.05, 3.63) is 23.8 Å². The summed E-state index contributed by atoms with van der Waals surface area (Å²) in [7, 11) is 2.62. The van der Waals surface area contributed by atoms with Gasteiger partial charge in [0.25, 0.3) is 0 Å². The largest absolute Gasteiger partial charge is 0.469 e. The predicted molar refractivity (Wildman–Crippen MR) is 60.5 cm³/mol. The molecule has 0 aromatic carbocycles. The van der Waals surface area contributed by atoms with E-state index in [1.807, 2.05) is 0 Å². The molecule has 1 aliphatic carbocycles. The fourth-order valence-corrected chi connectivity index (χ4v) is 2.24. The van der Waals surface area contributed by atoms with Crippen LogP contribution >= 0.6 is 0 Å². The molecule has 0 radical (unpaired) electrons. The van der Waals surface area contributed by atoms with E-state index >= 15 is 0 Å². The van der Waals surface area contributed by atoms with Gasteiger partial charge in [0.15, 0.2) is 0 Å². The second-order valence-corrected chi connectivity index (χ2v) is 4.12. The van der Waals surface area contributed by atoms with E-state index in [0.29, 0.717) is 12.8 Å². The van der Waals surface area contributed by atoms with Gasteiger partial charge >= 0.3 is 11.9 Å². The number of carbonyl (C=O) groups excluding carboxylic acids is 2. The molecular weight excluding hydrogens is 236 g/mol. The maximum Gasteiger partial charge on any atom is 0.309 e. The molecule has 1 heterocycles. The number of esters is 2. The van der Waals surface area contributed by atoms with Crippen LogP contribution in [-0.2, 0) is 31.9 Å². The van der Waals surface area contributed by atoms with Gasteiger partial charge in [-0.2, -0.15) is 0 Å². The van der Waals surface area contributed by atoms with Gasteiger partial charge < -0.3 is 9.47 Å². The molecule has 0 bridgehead atoms. The minimum atomic E-state index is -0.549. The highest BCUT2D eigenvalue weighted by Gasteiger charge is 2.40. The van der Waals surface area contributed by atoms with Gasteiger partial charge in [-0.15, -0.1) is 0 Å². The number of rotatable bonds is 2. The summed E-state index contributed by atoms with van der Waals surface area (Å²) in [6, 6.07) is 0. The van der Waals surface area contributed by atoms with Crippen molar-refractivity contribution < 1.29 is 19.1 Å². The number of methoxy groups -OCH3 is 2. The summed E-state index contributed by atoms with van der Waals surface area (Å²) in [5, 5.41) is 0. The molecule has 0 aliphatic heterocycles. The zero-order valence-electron chi connectivity index (χ0n) is 10.3. The van der Waals surface area contributed by atoms with E-state index in [1.165, 1.54) is 14.2 Å². The maximum atomic E-state index is 11.7. The van der Waals surface area contributed by atoms with Crippen LogP contribution in [0.3, 0.4) is 0 Å². The third kappa shape index (κ3) is 2.18. The lowest BCUT2D eigenvalue weighted by atomic mass is 9.79. The van der Waals surface area contributed by atoms with E-state index in [-0.39, 0.29) is 0 Å². The molecule has 1 aromatic rings. The monoisotopic (exact) mass is 250 g/mol. The van der Waals surface area contributed by atoms with E-state index in [0.717, 1.165) is 11.4 Å². The first-order valence-electron chi connectivity index (χ1n) is 5.61. The van der Waals surface area contributed by atoms with Crippen LogP contribution in [0.15, 0.2) is 12.4 Å². The van der Waals surface area contributed by atoms with Crippen molar-refractivity contribution in [1.29, 1.82) is 0 Å². The zero-order chi connectivity index (χ0) is 13.1. The number of hydrogen-bond donors (Lipinski definition) is 0. The predicted octanol–water partition coefficient (Wildman–Crippen LogP) is 0.154. The summed E-state index contributed by atoms with van der Waals surface area (Å²) in [5.41, 5.74) is 1.49. The standard InChI is InChI=1S/C12H14N2O4/c1-17-11(15)7-5-9-10(14-4-3-13-9)6-8(7)12(16)18-2/h3-4,7-8H,5-6H2,1-2H3/t7-,8-/m1/s1. The molecule has 2 rings (SSSR count).